The first-order valence-electron chi connectivity index (χ1n) is 4.34. The maximum atomic E-state index is 2.33. The molecule has 0 N–H and O–H groups in total. The molecule has 0 saturated heterocycles. The number of hydrogen-bond donors (Lipinski definition) is 0. The minimum absolute atomic E-state index is 1.17. The van der Waals surface area contributed by atoms with E-state index in [1.54, 1.807) is 0 Å². The fraction of sp³-hybridized carbons (Fsp3) is 0.400. The molecule has 0 aliphatic heterocycles. The van der Waals surface area contributed by atoms with Crippen LogP contribution in [-0.2, 0) is 12.8 Å². The second-order valence-corrected chi connectivity index (χ2v) is 5.41. The molecular weight excluding hydrogens is 184 g/mol. The van der Waals surface area contributed by atoms with Gasteiger partial charge in [-0.2, -0.15) is 0 Å². The zero-order chi connectivity index (χ0) is 8.55. The van der Waals surface area contributed by atoms with Crippen LogP contribution in [0.1, 0.15) is 23.6 Å². The first-order valence-corrected chi connectivity index (χ1v) is 5.98. The van der Waals surface area contributed by atoms with E-state index >= 15 is 0 Å². The van der Waals surface area contributed by atoms with Gasteiger partial charge in [0.25, 0.3) is 0 Å². The summed E-state index contributed by atoms with van der Waals surface area (Å²) < 4.78 is 1.50. The fourth-order valence-corrected chi connectivity index (χ4v) is 3.71. The molecule has 2 rings (SSSR count). The second-order valence-electron chi connectivity index (χ2n) is 2.88. The third kappa shape index (κ3) is 1.29. The lowest BCUT2D eigenvalue weighted by Crippen LogP contribution is -1.67. The maximum absolute atomic E-state index is 2.33. The normalized spacial score (nSPS) is 11.2. The van der Waals surface area contributed by atoms with Gasteiger partial charge in [-0.05, 0) is 25.0 Å². The Morgan fingerprint density at radius 1 is 1.00 bits per heavy atom. The van der Waals surface area contributed by atoms with Crippen LogP contribution < -0.4 is 0 Å². The molecule has 0 saturated carbocycles. The monoisotopic (exact) mass is 196 g/mol. The van der Waals surface area contributed by atoms with Crippen LogP contribution in [-0.4, -0.2) is 0 Å². The van der Waals surface area contributed by atoms with Gasteiger partial charge in [0.1, 0.15) is 0 Å². The van der Waals surface area contributed by atoms with Gasteiger partial charge in [-0.3, -0.25) is 0 Å². The summed E-state index contributed by atoms with van der Waals surface area (Å²) in [6.45, 7) is 4.44. The van der Waals surface area contributed by atoms with E-state index in [9.17, 15) is 0 Å². The minimum atomic E-state index is 1.17. The SMILES string of the molecule is CCc1cc2cc(CC)sc2s1. The standard InChI is InChI=1S/C10H12S2/c1-3-8-5-7-6-9(4-2)12-10(7)11-8/h5-6H,3-4H2,1-2H3. The van der Waals surface area contributed by atoms with Crippen molar-refractivity contribution in [1.29, 1.82) is 0 Å². The van der Waals surface area contributed by atoms with Gasteiger partial charge in [-0.15, -0.1) is 22.7 Å². The molecule has 2 aromatic rings. The van der Waals surface area contributed by atoms with Crippen molar-refractivity contribution in [3.05, 3.63) is 21.9 Å². The lowest BCUT2D eigenvalue weighted by atomic mass is 10.3. The summed E-state index contributed by atoms with van der Waals surface area (Å²) >= 11 is 3.90. The van der Waals surface area contributed by atoms with E-state index in [0.717, 1.165) is 0 Å². The lowest BCUT2D eigenvalue weighted by Gasteiger charge is -1.84. The summed E-state index contributed by atoms with van der Waals surface area (Å²) in [5.74, 6) is 0. The Labute approximate surface area is 80.9 Å². The van der Waals surface area contributed by atoms with Crippen molar-refractivity contribution in [3.8, 4) is 0 Å². The van der Waals surface area contributed by atoms with Gasteiger partial charge in [0, 0.05) is 15.1 Å². The molecule has 0 unspecified atom stereocenters. The summed E-state index contributed by atoms with van der Waals surface area (Å²) in [4.78, 5) is 3.03. The van der Waals surface area contributed by atoms with E-state index in [4.69, 9.17) is 0 Å². The molecule has 0 aromatic carbocycles. The largest absolute Gasteiger partial charge is 0.129 e. The van der Waals surface area contributed by atoms with Crippen molar-refractivity contribution < 1.29 is 0 Å². The lowest BCUT2D eigenvalue weighted by molar-refractivity contribution is 1.18. The number of rotatable bonds is 2. The van der Waals surface area contributed by atoms with Gasteiger partial charge in [0.2, 0.25) is 0 Å². The van der Waals surface area contributed by atoms with Gasteiger partial charge in [-0.1, -0.05) is 13.8 Å². The van der Waals surface area contributed by atoms with E-state index in [1.165, 1.54) is 32.0 Å². The van der Waals surface area contributed by atoms with Crippen LogP contribution in [0.3, 0.4) is 0 Å². The summed E-state index contributed by atoms with van der Waals surface area (Å²) in [6.07, 6.45) is 2.35. The van der Waals surface area contributed by atoms with E-state index in [-0.39, 0.29) is 0 Å². The average Bonchev–Trinajstić information content (AvgIpc) is 2.59. The molecule has 12 heavy (non-hydrogen) atoms. The molecule has 0 bridgehead atoms. The van der Waals surface area contributed by atoms with E-state index in [1.807, 2.05) is 22.7 Å². The molecular formula is C10H12S2. The molecule has 64 valence electrons. The summed E-state index contributed by atoms with van der Waals surface area (Å²) in [5, 5.41) is 1.46. The Hall–Kier alpha value is -0.340. The van der Waals surface area contributed by atoms with Crippen LogP contribution in [0.5, 0.6) is 0 Å². The fourth-order valence-electron chi connectivity index (χ4n) is 1.29. The molecule has 0 fully saturated rings. The van der Waals surface area contributed by atoms with Crippen molar-refractivity contribution in [2.45, 2.75) is 26.7 Å². The van der Waals surface area contributed by atoms with Gasteiger partial charge < -0.3 is 0 Å². The number of fused-ring (bicyclic) bond motifs is 1. The third-order valence-corrected chi connectivity index (χ3v) is 4.69. The summed E-state index contributed by atoms with van der Waals surface area (Å²) in [6, 6.07) is 4.66. The molecule has 0 nitrogen and oxygen atoms in total. The van der Waals surface area contributed by atoms with Crippen LogP contribution in [0.25, 0.3) is 9.40 Å². The molecule has 0 radical (unpaired) electrons. The molecule has 0 aliphatic carbocycles. The smallest absolute Gasteiger partial charge is 0.0870 e. The second kappa shape index (κ2) is 3.19. The van der Waals surface area contributed by atoms with Gasteiger partial charge in [-0.25, -0.2) is 0 Å². The van der Waals surface area contributed by atoms with Crippen LogP contribution in [0, 0.1) is 0 Å². The summed E-state index contributed by atoms with van der Waals surface area (Å²) in [5.41, 5.74) is 0. The van der Waals surface area contributed by atoms with Crippen molar-refractivity contribution in [2.75, 3.05) is 0 Å². The van der Waals surface area contributed by atoms with Crippen LogP contribution >= 0.6 is 22.7 Å². The zero-order valence-corrected chi connectivity index (χ0v) is 9.02. The summed E-state index contributed by atoms with van der Waals surface area (Å²) in [7, 11) is 0. The van der Waals surface area contributed by atoms with E-state index in [2.05, 4.69) is 26.0 Å². The van der Waals surface area contributed by atoms with Crippen LogP contribution in [0.2, 0.25) is 0 Å². The quantitative estimate of drug-likeness (QED) is 0.678. The van der Waals surface area contributed by atoms with Crippen molar-refractivity contribution >= 4 is 32.1 Å². The Balaban J connectivity index is 2.52. The highest BCUT2D eigenvalue weighted by Gasteiger charge is 2.03. The van der Waals surface area contributed by atoms with Crippen LogP contribution in [0.4, 0.5) is 0 Å². The third-order valence-electron chi connectivity index (χ3n) is 2.01. The number of aryl methyl sites for hydroxylation is 2. The van der Waals surface area contributed by atoms with Gasteiger partial charge >= 0.3 is 0 Å². The highest BCUT2D eigenvalue weighted by Crippen LogP contribution is 2.33. The van der Waals surface area contributed by atoms with Gasteiger partial charge in [0.05, 0.1) is 4.01 Å². The zero-order valence-electron chi connectivity index (χ0n) is 7.39. The number of hydrogen-bond acceptors (Lipinski definition) is 2. The average molecular weight is 196 g/mol. The van der Waals surface area contributed by atoms with Gasteiger partial charge in [0.15, 0.2) is 0 Å². The minimum Gasteiger partial charge on any atom is -0.129 e. The molecule has 0 spiro atoms. The molecule has 2 heteroatoms. The first kappa shape index (κ1) is 8.27. The van der Waals surface area contributed by atoms with E-state index < -0.39 is 0 Å². The topological polar surface area (TPSA) is 0 Å². The highest BCUT2D eigenvalue weighted by molar-refractivity contribution is 7.38. The maximum Gasteiger partial charge on any atom is 0.0870 e. The molecule has 0 aliphatic rings. The Kier molecular flexibility index (Phi) is 2.20. The Morgan fingerprint density at radius 2 is 1.50 bits per heavy atom. The highest BCUT2D eigenvalue weighted by atomic mass is 32.2. The van der Waals surface area contributed by atoms with E-state index in [0.29, 0.717) is 0 Å². The predicted octanol–water partition coefficient (Wildman–Crippen LogP) is 4.09. The molecule has 2 aromatic heterocycles. The molecule has 0 atom stereocenters. The molecule has 2 heterocycles. The van der Waals surface area contributed by atoms with Crippen molar-refractivity contribution in [2.24, 2.45) is 0 Å². The van der Waals surface area contributed by atoms with Crippen molar-refractivity contribution in [3.63, 3.8) is 0 Å². The predicted molar refractivity (Wildman–Crippen MR) is 58.5 cm³/mol. The van der Waals surface area contributed by atoms with Crippen molar-refractivity contribution in [1.82, 2.24) is 0 Å². The molecule has 0 amide bonds. The Bertz CT molecular complexity index is 316. The number of thiophene rings is 2. The first-order chi connectivity index (χ1) is 5.83. The van der Waals surface area contributed by atoms with Crippen LogP contribution in [0.15, 0.2) is 12.1 Å². The Morgan fingerprint density at radius 3 is 1.83 bits per heavy atom.